The van der Waals surface area contributed by atoms with Gasteiger partial charge in [-0.1, -0.05) is 7.43 Å². The van der Waals surface area contributed by atoms with Crippen molar-refractivity contribution in [2.24, 2.45) is 5.73 Å². The smallest absolute Gasteiger partial charge is 0.386 e. The lowest BCUT2D eigenvalue weighted by atomic mass is 10.4. The van der Waals surface area contributed by atoms with Gasteiger partial charge in [-0.05, 0) is 13.8 Å². The van der Waals surface area contributed by atoms with Gasteiger partial charge in [-0.3, -0.25) is 4.79 Å². The molecule has 0 aliphatic carbocycles. The van der Waals surface area contributed by atoms with E-state index in [4.69, 9.17) is 29.1 Å². The molecule has 134 valence electrons. The summed E-state index contributed by atoms with van der Waals surface area (Å²) in [5.41, 5.74) is 4.92. The monoisotopic (exact) mass is 332 g/mol. The molecule has 2 atom stereocenters. The van der Waals surface area contributed by atoms with Gasteiger partial charge in [-0.2, -0.15) is 0 Å². The maximum atomic E-state index is 10.5. The number of aliphatic hydroxyl groups excluding tert-OH is 2. The number of aliphatic hydroxyl groups is 2. The number of hydrogen-bond donors (Lipinski definition) is 4. The van der Waals surface area contributed by atoms with E-state index in [0.29, 0.717) is 6.54 Å². The van der Waals surface area contributed by atoms with Crippen LogP contribution in [0.1, 0.15) is 21.3 Å². The molecule has 0 aliphatic rings. The molecule has 0 saturated carbocycles. The fourth-order valence-corrected chi connectivity index (χ4v) is 0.518. The first kappa shape index (κ1) is 28.9. The third kappa shape index (κ3) is 38.3. The fraction of sp³-hybridized carbons (Fsp3) is 0.714. The summed E-state index contributed by atoms with van der Waals surface area (Å²) in [5, 5.41) is 19.3. The Morgan fingerprint density at radius 1 is 1.17 bits per heavy atom. The number of nitrogens with zero attached hydrogens (tertiary/aromatic N) is 2. The number of nitrogens with two attached hydrogens (primary N) is 1. The minimum Gasteiger partial charge on any atom is -0.464 e. The van der Waals surface area contributed by atoms with E-state index in [1.54, 1.807) is 13.8 Å². The van der Waals surface area contributed by atoms with E-state index in [-0.39, 0.29) is 39.1 Å². The van der Waals surface area contributed by atoms with Crippen molar-refractivity contribution in [3.05, 3.63) is 22.8 Å². The SMILES string of the molecule is C.CC(O)CN.[C-]#[N+]CC(=O)NCC(C)O.[C-]#[N+]CC(=O)OC. The average molecular weight is 332 g/mol. The van der Waals surface area contributed by atoms with E-state index in [1.165, 1.54) is 7.11 Å². The van der Waals surface area contributed by atoms with Crippen LogP contribution in [-0.4, -0.2) is 67.6 Å². The highest BCUT2D eigenvalue weighted by Gasteiger charge is 2.03. The highest BCUT2D eigenvalue weighted by molar-refractivity contribution is 5.79. The van der Waals surface area contributed by atoms with Gasteiger partial charge < -0.3 is 35.7 Å². The van der Waals surface area contributed by atoms with Crippen LogP contribution in [0.15, 0.2) is 0 Å². The maximum Gasteiger partial charge on any atom is 0.386 e. The first-order chi connectivity index (χ1) is 10.2. The molecule has 1 amide bonds. The Labute approximate surface area is 138 Å². The van der Waals surface area contributed by atoms with E-state index >= 15 is 0 Å². The average Bonchev–Trinajstić information content (AvgIpc) is 2.47. The summed E-state index contributed by atoms with van der Waals surface area (Å²) in [6.45, 7) is 15.9. The maximum absolute atomic E-state index is 10.5. The van der Waals surface area contributed by atoms with E-state index in [2.05, 4.69) is 19.7 Å². The van der Waals surface area contributed by atoms with Crippen LogP contribution < -0.4 is 11.1 Å². The van der Waals surface area contributed by atoms with Crippen molar-refractivity contribution in [2.45, 2.75) is 33.5 Å². The molecule has 0 fully saturated rings. The van der Waals surface area contributed by atoms with Gasteiger partial charge >= 0.3 is 12.5 Å². The van der Waals surface area contributed by atoms with Gasteiger partial charge in [0.2, 0.25) is 0 Å². The first-order valence-electron chi connectivity index (χ1n) is 6.31. The number of ether oxygens (including phenoxy) is 1. The molecule has 2 unspecified atom stereocenters. The molecule has 0 bridgehead atoms. The minimum atomic E-state index is -0.547. The third-order valence-electron chi connectivity index (χ3n) is 1.59. The van der Waals surface area contributed by atoms with E-state index in [9.17, 15) is 9.59 Å². The molecule has 23 heavy (non-hydrogen) atoms. The summed E-state index contributed by atoms with van der Waals surface area (Å²) in [6, 6.07) is 0. The van der Waals surface area contributed by atoms with Crippen molar-refractivity contribution in [3.8, 4) is 0 Å². The lowest BCUT2D eigenvalue weighted by Gasteiger charge is -2.02. The van der Waals surface area contributed by atoms with Gasteiger partial charge in [0.05, 0.1) is 19.3 Å². The summed E-state index contributed by atoms with van der Waals surface area (Å²) in [7, 11) is 1.26. The highest BCUT2D eigenvalue weighted by Crippen LogP contribution is 1.75. The second-order valence-electron chi connectivity index (χ2n) is 3.95. The van der Waals surface area contributed by atoms with Gasteiger partial charge in [-0.15, -0.1) is 0 Å². The number of hydrogen-bond acceptors (Lipinski definition) is 6. The van der Waals surface area contributed by atoms with Crippen LogP contribution in [0.3, 0.4) is 0 Å². The van der Waals surface area contributed by atoms with Crippen molar-refractivity contribution in [2.75, 3.05) is 33.3 Å². The molecule has 0 aromatic heterocycles. The molecule has 5 N–H and O–H groups in total. The number of amides is 1. The van der Waals surface area contributed by atoms with Crippen LogP contribution in [0.4, 0.5) is 0 Å². The zero-order valence-electron chi connectivity index (χ0n) is 13.1. The summed E-state index contributed by atoms with van der Waals surface area (Å²) in [6.07, 6.45) is -0.885. The zero-order chi connectivity index (χ0) is 18.0. The molecule has 0 rings (SSSR count). The van der Waals surface area contributed by atoms with Crippen LogP contribution in [0, 0.1) is 13.1 Å². The lowest BCUT2D eigenvalue weighted by Crippen LogP contribution is -2.31. The topological polar surface area (TPSA) is 131 Å². The Morgan fingerprint density at radius 3 is 1.83 bits per heavy atom. The highest BCUT2D eigenvalue weighted by atomic mass is 16.5. The third-order valence-corrected chi connectivity index (χ3v) is 1.59. The predicted octanol–water partition coefficient (Wildman–Crippen LogP) is -0.557. The fourth-order valence-electron chi connectivity index (χ4n) is 0.518. The number of methoxy groups -OCH3 is 1. The van der Waals surface area contributed by atoms with Crippen LogP contribution in [-0.2, 0) is 14.3 Å². The quantitative estimate of drug-likeness (QED) is 0.394. The number of nitrogens with one attached hydrogen (secondary N) is 1. The molecule has 0 aromatic carbocycles. The molecule has 0 saturated heterocycles. The molecule has 0 aliphatic heterocycles. The van der Waals surface area contributed by atoms with Gasteiger partial charge in [0.15, 0.2) is 0 Å². The molecule has 0 heterocycles. The van der Waals surface area contributed by atoms with Crippen molar-refractivity contribution >= 4 is 11.9 Å². The summed E-state index contributed by atoms with van der Waals surface area (Å²) in [4.78, 5) is 26.1. The van der Waals surface area contributed by atoms with Crippen LogP contribution in [0.25, 0.3) is 9.69 Å². The predicted molar refractivity (Wildman–Crippen MR) is 87.1 cm³/mol. The van der Waals surface area contributed by atoms with Crippen molar-refractivity contribution in [1.29, 1.82) is 0 Å². The molecule has 0 radical (unpaired) electrons. The molecule has 0 spiro atoms. The Balaban J connectivity index is -0.000000123. The van der Waals surface area contributed by atoms with Crippen LogP contribution >= 0.6 is 0 Å². The molecule has 9 heteroatoms. The normalized spacial score (nSPS) is 10.4. The van der Waals surface area contributed by atoms with E-state index in [0.717, 1.165) is 0 Å². The van der Waals surface area contributed by atoms with Crippen molar-refractivity contribution < 1.29 is 24.5 Å². The van der Waals surface area contributed by atoms with E-state index < -0.39 is 12.1 Å². The van der Waals surface area contributed by atoms with Crippen molar-refractivity contribution in [3.63, 3.8) is 0 Å². The van der Waals surface area contributed by atoms with Gasteiger partial charge in [0.1, 0.15) is 0 Å². The number of carbonyl (C=O) groups is 2. The summed E-state index contributed by atoms with van der Waals surface area (Å²) < 4.78 is 4.14. The lowest BCUT2D eigenvalue weighted by molar-refractivity contribution is -0.138. The Morgan fingerprint density at radius 2 is 1.61 bits per heavy atom. The Hall–Kier alpha value is -2.20. The molecule has 9 nitrogen and oxygen atoms in total. The number of esters is 1. The van der Waals surface area contributed by atoms with Crippen LogP contribution in [0.5, 0.6) is 0 Å². The minimum absolute atomic E-state index is 0. The van der Waals surface area contributed by atoms with Gasteiger partial charge in [0.25, 0.3) is 12.5 Å². The Bertz CT molecular complexity index is 372. The van der Waals surface area contributed by atoms with E-state index in [1.807, 2.05) is 0 Å². The van der Waals surface area contributed by atoms with Crippen LogP contribution in [0.2, 0.25) is 0 Å². The summed E-state index contributed by atoms with van der Waals surface area (Å²) in [5.74, 6) is -0.814. The first-order valence-corrected chi connectivity index (χ1v) is 6.31. The molecular weight excluding hydrogens is 304 g/mol. The van der Waals surface area contributed by atoms with Gasteiger partial charge in [-0.25, -0.2) is 17.9 Å². The largest absolute Gasteiger partial charge is 0.464 e. The van der Waals surface area contributed by atoms with Crippen molar-refractivity contribution in [1.82, 2.24) is 5.32 Å². The number of carbonyl (C=O) groups excluding carboxylic acids is 2. The Kier molecular flexibility index (Phi) is 27.7. The zero-order valence-corrected chi connectivity index (χ0v) is 13.1. The molecule has 0 aromatic rings. The van der Waals surface area contributed by atoms with Gasteiger partial charge in [0, 0.05) is 13.1 Å². The second kappa shape index (κ2) is 22.1. The second-order valence-corrected chi connectivity index (χ2v) is 3.95. The standard InChI is InChI=1S/C6H10N2O2.C4H5NO2.C3H9NO.CH4/c1-5(9)3-8-6(10)4-7-2;1-5-3-4(6)7-2;1-3(5)2-4;/h5,9H,3-4H2,1H3,(H,8,10);3H2,2H3;3,5H,2,4H2,1H3;1H4. The molecular formula is C14H28N4O5. The summed E-state index contributed by atoms with van der Waals surface area (Å²) >= 11 is 0. The number of rotatable bonds is 5.